The maximum atomic E-state index is 12.7. The standard InChI is InChI=1S/C17H19N3O7/c1-10-4-11(17(23)24)7-18(6-10)15(21)8-19-13-5-12(20(25)26)2-3-14(13)27-9-16(19)22/h2-3,5,10-11H,4,6-9H2,1H3,(H,23,24). The van der Waals surface area contributed by atoms with Crippen molar-refractivity contribution in [2.75, 3.05) is 31.1 Å². The monoisotopic (exact) mass is 377 g/mol. The number of carboxylic acid groups (broad SMARTS) is 1. The number of ether oxygens (including phenoxy) is 1. The molecule has 10 nitrogen and oxygen atoms in total. The normalized spacial score (nSPS) is 22.0. The molecule has 0 spiro atoms. The lowest BCUT2D eigenvalue weighted by molar-refractivity contribution is -0.384. The number of nitro groups is 1. The van der Waals surface area contributed by atoms with Crippen molar-refractivity contribution in [3.63, 3.8) is 0 Å². The van der Waals surface area contributed by atoms with Crippen molar-refractivity contribution in [3.05, 3.63) is 28.3 Å². The summed E-state index contributed by atoms with van der Waals surface area (Å²) < 4.78 is 5.28. The van der Waals surface area contributed by atoms with E-state index in [1.807, 2.05) is 6.92 Å². The summed E-state index contributed by atoms with van der Waals surface area (Å²) in [6.45, 7) is 1.76. The lowest BCUT2D eigenvalue weighted by Gasteiger charge is -2.36. The first-order valence-corrected chi connectivity index (χ1v) is 8.48. The number of carboxylic acids is 1. The van der Waals surface area contributed by atoms with Crippen LogP contribution in [0.5, 0.6) is 5.75 Å². The van der Waals surface area contributed by atoms with Crippen LogP contribution in [-0.4, -0.2) is 59.0 Å². The summed E-state index contributed by atoms with van der Waals surface area (Å²) in [5, 5.41) is 20.3. The molecule has 27 heavy (non-hydrogen) atoms. The van der Waals surface area contributed by atoms with Crippen molar-refractivity contribution >= 4 is 29.2 Å². The Kier molecular flexibility index (Phi) is 4.98. The summed E-state index contributed by atoms with van der Waals surface area (Å²) in [7, 11) is 0. The number of rotatable bonds is 4. The predicted octanol–water partition coefficient (Wildman–Crippen LogP) is 0.889. The summed E-state index contributed by atoms with van der Waals surface area (Å²) in [5.74, 6) is -2.19. The zero-order valence-corrected chi connectivity index (χ0v) is 14.7. The molecular weight excluding hydrogens is 358 g/mol. The average Bonchev–Trinajstić information content (AvgIpc) is 2.62. The highest BCUT2D eigenvalue weighted by molar-refractivity contribution is 6.02. The summed E-state index contributed by atoms with van der Waals surface area (Å²) in [5.41, 5.74) is -0.0596. The molecule has 0 radical (unpaired) electrons. The molecule has 2 aliphatic rings. The number of likely N-dealkylation sites (tertiary alicyclic amines) is 1. The van der Waals surface area contributed by atoms with Gasteiger partial charge in [0.25, 0.3) is 11.6 Å². The van der Waals surface area contributed by atoms with Crippen molar-refractivity contribution in [2.24, 2.45) is 11.8 Å². The van der Waals surface area contributed by atoms with Crippen LogP contribution < -0.4 is 9.64 Å². The van der Waals surface area contributed by atoms with Crippen molar-refractivity contribution in [3.8, 4) is 5.75 Å². The Balaban J connectivity index is 1.81. The second-order valence-corrected chi connectivity index (χ2v) is 6.85. The van der Waals surface area contributed by atoms with Crippen LogP contribution in [0.25, 0.3) is 0 Å². The molecule has 144 valence electrons. The van der Waals surface area contributed by atoms with Crippen LogP contribution in [0.4, 0.5) is 11.4 Å². The number of piperidine rings is 1. The van der Waals surface area contributed by atoms with Crippen LogP contribution in [-0.2, 0) is 14.4 Å². The molecule has 1 aromatic rings. The molecule has 0 aromatic heterocycles. The molecule has 0 aliphatic carbocycles. The highest BCUT2D eigenvalue weighted by Gasteiger charge is 2.35. The summed E-state index contributed by atoms with van der Waals surface area (Å²) >= 11 is 0. The Morgan fingerprint density at radius 1 is 1.37 bits per heavy atom. The summed E-state index contributed by atoms with van der Waals surface area (Å²) in [6.07, 6.45) is 0.491. The molecule has 3 rings (SSSR count). The first kappa shape index (κ1) is 18.6. The maximum Gasteiger partial charge on any atom is 0.308 e. The van der Waals surface area contributed by atoms with E-state index in [0.29, 0.717) is 13.0 Å². The van der Waals surface area contributed by atoms with Gasteiger partial charge in [0.1, 0.15) is 12.3 Å². The van der Waals surface area contributed by atoms with E-state index in [1.165, 1.54) is 23.1 Å². The van der Waals surface area contributed by atoms with Crippen LogP contribution in [0, 0.1) is 22.0 Å². The number of anilines is 1. The Hall–Kier alpha value is -3.17. The molecule has 1 saturated heterocycles. The minimum atomic E-state index is -0.956. The van der Waals surface area contributed by atoms with Crippen LogP contribution in [0.15, 0.2) is 18.2 Å². The van der Waals surface area contributed by atoms with Crippen molar-refractivity contribution in [1.29, 1.82) is 0 Å². The van der Waals surface area contributed by atoms with E-state index in [4.69, 9.17) is 4.74 Å². The van der Waals surface area contributed by atoms with E-state index < -0.39 is 28.6 Å². The molecule has 1 fully saturated rings. The molecule has 10 heteroatoms. The Bertz CT molecular complexity index is 810. The van der Waals surface area contributed by atoms with Crippen LogP contribution in [0.3, 0.4) is 0 Å². The van der Waals surface area contributed by atoms with Crippen LogP contribution in [0.2, 0.25) is 0 Å². The van der Waals surface area contributed by atoms with E-state index in [9.17, 15) is 29.6 Å². The van der Waals surface area contributed by atoms with Gasteiger partial charge in [-0.25, -0.2) is 0 Å². The van der Waals surface area contributed by atoms with Gasteiger partial charge in [0.15, 0.2) is 6.61 Å². The quantitative estimate of drug-likeness (QED) is 0.609. The fourth-order valence-electron chi connectivity index (χ4n) is 3.45. The first-order valence-electron chi connectivity index (χ1n) is 8.48. The predicted molar refractivity (Wildman–Crippen MR) is 92.4 cm³/mol. The third-order valence-electron chi connectivity index (χ3n) is 4.75. The lowest BCUT2D eigenvalue weighted by atomic mass is 9.90. The molecule has 0 bridgehead atoms. The summed E-state index contributed by atoms with van der Waals surface area (Å²) in [6, 6.07) is 3.85. The minimum absolute atomic E-state index is 0.0255. The number of benzene rings is 1. The molecule has 2 unspecified atom stereocenters. The second-order valence-electron chi connectivity index (χ2n) is 6.85. The zero-order valence-electron chi connectivity index (χ0n) is 14.7. The lowest BCUT2D eigenvalue weighted by Crippen LogP contribution is -2.51. The van der Waals surface area contributed by atoms with Gasteiger partial charge < -0.3 is 14.7 Å². The fourth-order valence-corrected chi connectivity index (χ4v) is 3.45. The number of aliphatic carboxylic acids is 1. The van der Waals surface area contributed by atoms with Crippen molar-refractivity contribution in [1.82, 2.24) is 4.90 Å². The Labute approximate surface area is 154 Å². The van der Waals surface area contributed by atoms with Gasteiger partial charge in [-0.05, 0) is 18.4 Å². The SMILES string of the molecule is CC1CC(C(=O)O)CN(C(=O)CN2C(=O)COc3ccc([N+](=O)[O-])cc32)C1. The second kappa shape index (κ2) is 7.22. The van der Waals surface area contributed by atoms with Crippen LogP contribution in [0.1, 0.15) is 13.3 Å². The van der Waals surface area contributed by atoms with Gasteiger partial charge in [0, 0.05) is 25.2 Å². The number of amides is 2. The third-order valence-corrected chi connectivity index (χ3v) is 4.75. The minimum Gasteiger partial charge on any atom is -0.482 e. The number of carbonyl (C=O) groups excluding carboxylic acids is 2. The number of nitrogens with zero attached hydrogens (tertiary/aromatic N) is 3. The number of hydrogen-bond donors (Lipinski definition) is 1. The van der Waals surface area contributed by atoms with E-state index in [2.05, 4.69) is 0 Å². The molecule has 1 aromatic carbocycles. The number of hydrogen-bond acceptors (Lipinski definition) is 6. The molecule has 2 amide bonds. The van der Waals surface area contributed by atoms with Crippen molar-refractivity contribution in [2.45, 2.75) is 13.3 Å². The number of carbonyl (C=O) groups is 3. The summed E-state index contributed by atoms with van der Waals surface area (Å²) in [4.78, 5) is 49.3. The van der Waals surface area contributed by atoms with Gasteiger partial charge in [-0.15, -0.1) is 0 Å². The van der Waals surface area contributed by atoms with Crippen molar-refractivity contribution < 1.29 is 29.2 Å². The van der Waals surface area contributed by atoms with Crippen LogP contribution >= 0.6 is 0 Å². The molecule has 2 aliphatic heterocycles. The fraction of sp³-hybridized carbons (Fsp3) is 0.471. The third kappa shape index (κ3) is 3.83. The van der Waals surface area contributed by atoms with Gasteiger partial charge in [0.2, 0.25) is 5.91 Å². The van der Waals surface area contributed by atoms with E-state index in [-0.39, 0.29) is 42.7 Å². The molecule has 1 N–H and O–H groups in total. The van der Waals surface area contributed by atoms with E-state index in [1.54, 1.807) is 0 Å². The van der Waals surface area contributed by atoms with Gasteiger partial charge in [-0.2, -0.15) is 0 Å². The van der Waals surface area contributed by atoms with Gasteiger partial charge >= 0.3 is 5.97 Å². The van der Waals surface area contributed by atoms with Gasteiger partial charge in [0.05, 0.1) is 16.5 Å². The van der Waals surface area contributed by atoms with Gasteiger partial charge in [-0.1, -0.05) is 6.92 Å². The molecule has 2 heterocycles. The topological polar surface area (TPSA) is 130 Å². The maximum absolute atomic E-state index is 12.7. The zero-order chi connectivity index (χ0) is 19.7. The Morgan fingerprint density at radius 3 is 2.78 bits per heavy atom. The van der Waals surface area contributed by atoms with Gasteiger partial charge in [-0.3, -0.25) is 29.4 Å². The highest BCUT2D eigenvalue weighted by Crippen LogP contribution is 2.35. The largest absolute Gasteiger partial charge is 0.482 e. The number of non-ortho nitro benzene ring substituents is 1. The first-order chi connectivity index (χ1) is 12.8. The smallest absolute Gasteiger partial charge is 0.308 e. The number of fused-ring (bicyclic) bond motifs is 1. The molecule has 0 saturated carbocycles. The Morgan fingerprint density at radius 2 is 2.11 bits per heavy atom. The number of nitro benzene ring substituents is 1. The molecule has 2 atom stereocenters. The molecular formula is C17H19N3O7. The average molecular weight is 377 g/mol. The van der Waals surface area contributed by atoms with E-state index >= 15 is 0 Å². The van der Waals surface area contributed by atoms with E-state index in [0.717, 1.165) is 4.90 Å². The highest BCUT2D eigenvalue weighted by atomic mass is 16.6.